The molecule has 52 heavy (non-hydrogen) atoms. The van der Waals surface area contributed by atoms with Crippen LogP contribution in [0.3, 0.4) is 0 Å². The lowest BCUT2D eigenvalue weighted by Gasteiger charge is -2.42. The first kappa shape index (κ1) is 46.4. The zero-order chi connectivity index (χ0) is 38.1. The number of unbranched alkanes of at least 4 members (excludes halogenated alkanes) is 7. The fraction of sp³-hybridized carbons (Fsp3) is 0.816. The highest BCUT2D eigenvalue weighted by atomic mass is 16.7. The highest BCUT2D eigenvalue weighted by molar-refractivity contribution is 5.69. The van der Waals surface area contributed by atoms with E-state index in [9.17, 15) is 40.5 Å². The molecule has 2 fully saturated rings. The summed E-state index contributed by atoms with van der Waals surface area (Å²) in [4.78, 5) is 12.6. The molecule has 0 aromatic carbocycles. The zero-order valence-corrected chi connectivity index (χ0v) is 31.0. The second kappa shape index (κ2) is 27.7. The van der Waals surface area contributed by atoms with Crippen molar-refractivity contribution >= 4 is 5.97 Å². The maximum absolute atomic E-state index is 12.6. The summed E-state index contributed by atoms with van der Waals surface area (Å²) in [6.45, 7) is 3.33. The Morgan fingerprint density at radius 2 is 1.25 bits per heavy atom. The summed E-state index contributed by atoms with van der Waals surface area (Å²) in [5.41, 5.74) is 0. The van der Waals surface area contributed by atoms with Crippen molar-refractivity contribution in [1.29, 1.82) is 0 Å². The summed E-state index contributed by atoms with van der Waals surface area (Å²) in [6.07, 6.45) is 8.75. The molecule has 14 nitrogen and oxygen atoms in total. The molecule has 11 unspecified atom stereocenters. The maximum Gasteiger partial charge on any atom is 0.306 e. The lowest BCUT2D eigenvalue weighted by Crippen LogP contribution is -2.61. The normalized spacial score (nSPS) is 30.5. The van der Waals surface area contributed by atoms with Crippen LogP contribution in [-0.4, -0.2) is 142 Å². The van der Waals surface area contributed by atoms with Gasteiger partial charge in [-0.25, -0.2) is 0 Å². The monoisotopic (exact) mass is 746 g/mol. The van der Waals surface area contributed by atoms with Crippen LogP contribution in [0.1, 0.15) is 97.3 Å². The molecule has 2 rings (SSSR count). The Balaban J connectivity index is 1.82. The number of ether oxygens (including phenoxy) is 6. The van der Waals surface area contributed by atoms with Crippen molar-refractivity contribution in [2.45, 2.75) is 165 Å². The van der Waals surface area contributed by atoms with E-state index in [2.05, 4.69) is 50.3 Å². The third-order valence-corrected chi connectivity index (χ3v) is 8.91. The Hall–Kier alpha value is -1.79. The summed E-state index contributed by atoms with van der Waals surface area (Å²) in [6, 6.07) is 0. The van der Waals surface area contributed by atoms with E-state index in [-0.39, 0.29) is 19.6 Å². The molecule has 0 amide bonds. The molecule has 2 saturated heterocycles. The average molecular weight is 747 g/mol. The van der Waals surface area contributed by atoms with Crippen molar-refractivity contribution in [3.8, 4) is 0 Å². The van der Waals surface area contributed by atoms with E-state index in [1.165, 1.54) is 0 Å². The SMILES string of the molecule is CC/C=C\C/C=C\C/C=C\CCCCCCOCC(COC1OC(COC2OC(CO)C(O)C(O)C2O)C(O)C(O)C1O)OC(=O)CCCCCC. The maximum atomic E-state index is 12.6. The fourth-order valence-electron chi connectivity index (χ4n) is 5.71. The number of allylic oxidation sites excluding steroid dienone is 6. The largest absolute Gasteiger partial charge is 0.457 e. The summed E-state index contributed by atoms with van der Waals surface area (Å²) < 4.78 is 33.7. The summed E-state index contributed by atoms with van der Waals surface area (Å²) >= 11 is 0. The Morgan fingerprint density at radius 1 is 0.654 bits per heavy atom. The standard InChI is InChI=1S/C38H66O14/c1-3-5-7-9-10-11-12-13-14-15-16-17-18-20-22-47-24-27(50-30(40)21-19-8-6-4-2)25-48-37-36(46)34(44)32(42)29(52-37)26-49-38-35(45)33(43)31(41)28(23-39)51-38/h5,7,10-11,13-14,27-29,31-39,41-46H,3-4,6,8-9,12,15-26H2,1-2H3/b7-5-,11-10-,14-13-. The minimum absolute atomic E-state index is 0.0445. The number of hydrogen-bond acceptors (Lipinski definition) is 14. The van der Waals surface area contributed by atoms with Crippen molar-refractivity contribution in [2.24, 2.45) is 0 Å². The van der Waals surface area contributed by atoms with Crippen LogP contribution in [0, 0.1) is 0 Å². The van der Waals surface area contributed by atoms with Crippen LogP contribution in [0.2, 0.25) is 0 Å². The Bertz CT molecular complexity index is 1010. The molecule has 2 aliphatic heterocycles. The molecule has 2 aliphatic rings. The first-order valence-corrected chi connectivity index (χ1v) is 19.1. The zero-order valence-electron chi connectivity index (χ0n) is 31.0. The molecule has 0 aliphatic carbocycles. The summed E-state index contributed by atoms with van der Waals surface area (Å²) in [5.74, 6) is -0.406. The molecule has 302 valence electrons. The van der Waals surface area contributed by atoms with Gasteiger partial charge in [0, 0.05) is 13.0 Å². The molecule has 14 heteroatoms. The van der Waals surface area contributed by atoms with Crippen LogP contribution in [0.4, 0.5) is 0 Å². The van der Waals surface area contributed by atoms with E-state index >= 15 is 0 Å². The van der Waals surface area contributed by atoms with Gasteiger partial charge in [-0.05, 0) is 44.9 Å². The lowest BCUT2D eigenvalue weighted by atomic mass is 9.98. The third kappa shape index (κ3) is 17.6. The van der Waals surface area contributed by atoms with Gasteiger partial charge in [0.05, 0.1) is 26.4 Å². The van der Waals surface area contributed by atoms with Gasteiger partial charge in [-0.3, -0.25) is 4.79 Å². The second-order valence-corrected chi connectivity index (χ2v) is 13.4. The van der Waals surface area contributed by atoms with Crippen molar-refractivity contribution in [3.05, 3.63) is 36.5 Å². The number of hydrogen-bond donors (Lipinski definition) is 7. The molecule has 0 aromatic heterocycles. The molecule has 0 bridgehead atoms. The minimum atomic E-state index is -1.71. The van der Waals surface area contributed by atoms with Crippen LogP contribution in [-0.2, 0) is 33.2 Å². The number of esters is 1. The first-order valence-electron chi connectivity index (χ1n) is 19.1. The topological polar surface area (TPSA) is 214 Å². The number of carbonyl (C=O) groups excluding carboxylic acids is 1. The van der Waals surface area contributed by atoms with E-state index < -0.39 is 86.7 Å². The molecule has 0 saturated carbocycles. The van der Waals surface area contributed by atoms with Crippen LogP contribution >= 0.6 is 0 Å². The van der Waals surface area contributed by atoms with E-state index in [4.69, 9.17) is 28.4 Å². The van der Waals surface area contributed by atoms with Crippen molar-refractivity contribution in [1.82, 2.24) is 0 Å². The second-order valence-electron chi connectivity index (χ2n) is 13.4. The van der Waals surface area contributed by atoms with Crippen molar-refractivity contribution in [2.75, 3.05) is 33.0 Å². The van der Waals surface area contributed by atoms with Gasteiger partial charge in [-0.2, -0.15) is 0 Å². The van der Waals surface area contributed by atoms with Gasteiger partial charge < -0.3 is 64.2 Å². The minimum Gasteiger partial charge on any atom is -0.457 e. The van der Waals surface area contributed by atoms with Gasteiger partial charge in [-0.1, -0.05) is 82.4 Å². The quantitative estimate of drug-likeness (QED) is 0.0365. The Labute approximate surface area is 309 Å². The van der Waals surface area contributed by atoms with Gasteiger partial charge in [-0.15, -0.1) is 0 Å². The molecule has 7 N–H and O–H groups in total. The number of aliphatic hydroxyl groups is 7. The van der Waals surface area contributed by atoms with Gasteiger partial charge in [0.25, 0.3) is 0 Å². The first-order chi connectivity index (χ1) is 25.1. The number of rotatable bonds is 27. The van der Waals surface area contributed by atoms with E-state index in [1.807, 2.05) is 0 Å². The van der Waals surface area contributed by atoms with Crippen molar-refractivity contribution in [3.63, 3.8) is 0 Å². The highest BCUT2D eigenvalue weighted by Gasteiger charge is 2.47. The Morgan fingerprint density at radius 3 is 1.92 bits per heavy atom. The van der Waals surface area contributed by atoms with E-state index in [0.29, 0.717) is 13.0 Å². The lowest BCUT2D eigenvalue weighted by molar-refractivity contribution is -0.332. The van der Waals surface area contributed by atoms with Crippen molar-refractivity contribution < 1.29 is 69.0 Å². The predicted molar refractivity (Wildman–Crippen MR) is 192 cm³/mol. The molecule has 2 heterocycles. The molecule has 0 spiro atoms. The summed E-state index contributed by atoms with van der Waals surface area (Å²) in [7, 11) is 0. The average Bonchev–Trinajstić information content (AvgIpc) is 3.14. The van der Waals surface area contributed by atoms with Gasteiger partial charge in [0.2, 0.25) is 0 Å². The third-order valence-electron chi connectivity index (χ3n) is 8.91. The number of aliphatic hydroxyl groups excluding tert-OH is 7. The Kier molecular flexibility index (Phi) is 24.7. The van der Waals surface area contributed by atoms with Crippen LogP contribution in [0.25, 0.3) is 0 Å². The van der Waals surface area contributed by atoms with Gasteiger partial charge in [0.15, 0.2) is 12.6 Å². The molecular weight excluding hydrogens is 680 g/mol. The molecule has 11 atom stereocenters. The van der Waals surface area contributed by atoms with Crippen LogP contribution < -0.4 is 0 Å². The van der Waals surface area contributed by atoms with Gasteiger partial charge in [0.1, 0.15) is 54.9 Å². The fourth-order valence-corrected chi connectivity index (χ4v) is 5.71. The van der Waals surface area contributed by atoms with Crippen LogP contribution in [0.15, 0.2) is 36.5 Å². The van der Waals surface area contributed by atoms with E-state index in [0.717, 1.165) is 70.6 Å². The predicted octanol–water partition coefficient (Wildman–Crippen LogP) is 2.34. The van der Waals surface area contributed by atoms with Crippen LogP contribution in [0.5, 0.6) is 0 Å². The molecular formula is C38H66O14. The summed E-state index contributed by atoms with van der Waals surface area (Å²) in [5, 5.41) is 71.3. The number of carbonyl (C=O) groups is 1. The van der Waals surface area contributed by atoms with Gasteiger partial charge >= 0.3 is 5.97 Å². The molecule has 0 aromatic rings. The highest BCUT2D eigenvalue weighted by Crippen LogP contribution is 2.26. The molecule has 0 radical (unpaired) electrons. The van der Waals surface area contributed by atoms with E-state index in [1.54, 1.807) is 0 Å². The smallest absolute Gasteiger partial charge is 0.306 e.